The van der Waals surface area contributed by atoms with Gasteiger partial charge in [0.25, 0.3) is 0 Å². The number of aromatic hydroxyl groups is 1. The molecule has 1 saturated carbocycles. The molecule has 1 unspecified atom stereocenters. The number of methoxy groups -OCH3 is 1. The average Bonchev–Trinajstić information content (AvgIpc) is 3.10. The number of carboxylic acid groups (broad SMARTS) is 1. The minimum absolute atomic E-state index is 0.0609. The Labute approximate surface area is 99.8 Å². The first-order valence-corrected chi connectivity index (χ1v) is 5.71. The molecule has 0 bridgehead atoms. The third-order valence-electron chi connectivity index (χ3n) is 3.24. The standard InChI is InChI=1S/C13H16O4/c1-17-11-4-2-3-9(13(11)16)10(7-12(14)15)8-5-6-8/h2-4,8,10,16H,5-7H2,1H3,(H,14,15). The molecule has 0 radical (unpaired) electrons. The lowest BCUT2D eigenvalue weighted by atomic mass is 9.90. The van der Waals surface area contributed by atoms with E-state index >= 15 is 0 Å². The third kappa shape index (κ3) is 2.52. The number of para-hydroxylation sites is 1. The van der Waals surface area contributed by atoms with Gasteiger partial charge >= 0.3 is 5.97 Å². The summed E-state index contributed by atoms with van der Waals surface area (Å²) in [5.74, 6) is -0.0810. The maximum absolute atomic E-state index is 10.9. The van der Waals surface area contributed by atoms with Crippen molar-refractivity contribution in [3.63, 3.8) is 0 Å². The van der Waals surface area contributed by atoms with Crippen LogP contribution in [0.4, 0.5) is 0 Å². The molecular weight excluding hydrogens is 220 g/mol. The van der Waals surface area contributed by atoms with Crippen LogP contribution in [0.2, 0.25) is 0 Å². The van der Waals surface area contributed by atoms with Gasteiger partial charge in [-0.15, -0.1) is 0 Å². The first kappa shape index (κ1) is 11.8. The second kappa shape index (κ2) is 4.65. The fourth-order valence-electron chi connectivity index (χ4n) is 2.22. The summed E-state index contributed by atoms with van der Waals surface area (Å²) in [6.07, 6.45) is 2.13. The predicted octanol–water partition coefficient (Wildman–Crippen LogP) is 2.37. The van der Waals surface area contributed by atoms with Gasteiger partial charge in [0, 0.05) is 11.5 Å². The van der Waals surface area contributed by atoms with Crippen molar-refractivity contribution in [3.8, 4) is 11.5 Å². The maximum atomic E-state index is 10.9. The van der Waals surface area contributed by atoms with E-state index in [9.17, 15) is 9.90 Å². The van der Waals surface area contributed by atoms with Crippen molar-refractivity contribution < 1.29 is 19.7 Å². The largest absolute Gasteiger partial charge is 0.504 e. The summed E-state index contributed by atoms with van der Waals surface area (Å²) in [6, 6.07) is 5.23. The molecule has 92 valence electrons. The van der Waals surface area contributed by atoms with Crippen molar-refractivity contribution >= 4 is 5.97 Å². The number of phenols is 1. The van der Waals surface area contributed by atoms with Gasteiger partial charge in [-0.3, -0.25) is 4.79 Å². The highest BCUT2D eigenvalue weighted by molar-refractivity contribution is 5.68. The van der Waals surface area contributed by atoms with Gasteiger partial charge in [0.05, 0.1) is 13.5 Å². The van der Waals surface area contributed by atoms with Gasteiger partial charge in [-0.2, -0.15) is 0 Å². The fraction of sp³-hybridized carbons (Fsp3) is 0.462. The number of ether oxygens (including phenoxy) is 1. The summed E-state index contributed by atoms with van der Waals surface area (Å²) in [6.45, 7) is 0. The second-order valence-corrected chi connectivity index (χ2v) is 4.44. The molecule has 0 aromatic heterocycles. The molecule has 1 aromatic rings. The maximum Gasteiger partial charge on any atom is 0.303 e. The Morgan fingerprint density at radius 3 is 2.76 bits per heavy atom. The monoisotopic (exact) mass is 236 g/mol. The first-order chi connectivity index (χ1) is 8.13. The predicted molar refractivity (Wildman–Crippen MR) is 62.4 cm³/mol. The Kier molecular flexibility index (Phi) is 3.22. The van der Waals surface area contributed by atoms with E-state index in [0.717, 1.165) is 12.8 Å². The molecule has 4 heteroatoms. The Morgan fingerprint density at radius 2 is 2.24 bits per heavy atom. The average molecular weight is 236 g/mol. The van der Waals surface area contributed by atoms with Crippen LogP contribution in [0.5, 0.6) is 11.5 Å². The van der Waals surface area contributed by atoms with Gasteiger partial charge < -0.3 is 14.9 Å². The highest BCUT2D eigenvalue weighted by Crippen LogP contribution is 2.48. The molecule has 1 aliphatic carbocycles. The van der Waals surface area contributed by atoms with E-state index < -0.39 is 5.97 Å². The van der Waals surface area contributed by atoms with E-state index in [-0.39, 0.29) is 18.1 Å². The number of hydrogen-bond donors (Lipinski definition) is 2. The summed E-state index contributed by atoms with van der Waals surface area (Å²) in [5, 5.41) is 19.0. The van der Waals surface area contributed by atoms with Crippen LogP contribution < -0.4 is 4.74 Å². The van der Waals surface area contributed by atoms with Gasteiger partial charge in [-0.1, -0.05) is 12.1 Å². The van der Waals surface area contributed by atoms with E-state index in [0.29, 0.717) is 17.2 Å². The summed E-state index contributed by atoms with van der Waals surface area (Å²) < 4.78 is 5.04. The van der Waals surface area contributed by atoms with Crippen molar-refractivity contribution in [2.45, 2.75) is 25.2 Å². The van der Waals surface area contributed by atoms with Crippen molar-refractivity contribution in [1.82, 2.24) is 0 Å². The van der Waals surface area contributed by atoms with Crippen molar-refractivity contribution in [2.75, 3.05) is 7.11 Å². The van der Waals surface area contributed by atoms with Crippen LogP contribution in [0.3, 0.4) is 0 Å². The minimum Gasteiger partial charge on any atom is -0.504 e. The van der Waals surface area contributed by atoms with E-state index in [1.54, 1.807) is 18.2 Å². The van der Waals surface area contributed by atoms with Crippen molar-refractivity contribution in [3.05, 3.63) is 23.8 Å². The van der Waals surface area contributed by atoms with Crippen LogP contribution in [0.1, 0.15) is 30.7 Å². The van der Waals surface area contributed by atoms with Gasteiger partial charge in [0.2, 0.25) is 0 Å². The fourth-order valence-corrected chi connectivity index (χ4v) is 2.22. The summed E-state index contributed by atoms with van der Waals surface area (Å²) >= 11 is 0. The molecule has 1 atom stereocenters. The molecule has 2 rings (SSSR count). The molecule has 17 heavy (non-hydrogen) atoms. The summed E-state index contributed by atoms with van der Waals surface area (Å²) in [7, 11) is 1.49. The van der Waals surface area contributed by atoms with Crippen LogP contribution >= 0.6 is 0 Å². The molecule has 0 aliphatic heterocycles. The molecule has 0 spiro atoms. The van der Waals surface area contributed by atoms with E-state index in [1.807, 2.05) is 0 Å². The quantitative estimate of drug-likeness (QED) is 0.823. The lowest BCUT2D eigenvalue weighted by molar-refractivity contribution is -0.137. The first-order valence-electron chi connectivity index (χ1n) is 5.71. The van der Waals surface area contributed by atoms with Crippen LogP contribution in [0, 0.1) is 5.92 Å². The Hall–Kier alpha value is -1.71. The summed E-state index contributed by atoms with van der Waals surface area (Å²) in [4.78, 5) is 10.9. The Morgan fingerprint density at radius 1 is 1.53 bits per heavy atom. The van der Waals surface area contributed by atoms with E-state index in [2.05, 4.69) is 0 Å². The van der Waals surface area contributed by atoms with Crippen LogP contribution in [-0.4, -0.2) is 23.3 Å². The van der Waals surface area contributed by atoms with Gasteiger partial charge in [-0.25, -0.2) is 0 Å². The Balaban J connectivity index is 2.31. The minimum atomic E-state index is -0.830. The number of carboxylic acids is 1. The highest BCUT2D eigenvalue weighted by Gasteiger charge is 2.35. The molecule has 4 nitrogen and oxygen atoms in total. The lowest BCUT2D eigenvalue weighted by Gasteiger charge is -2.17. The van der Waals surface area contributed by atoms with Gasteiger partial charge in [0.1, 0.15) is 0 Å². The van der Waals surface area contributed by atoms with Crippen molar-refractivity contribution in [1.29, 1.82) is 0 Å². The molecule has 1 aromatic carbocycles. The molecule has 2 N–H and O–H groups in total. The van der Waals surface area contributed by atoms with Gasteiger partial charge in [-0.05, 0) is 24.8 Å². The normalized spacial score (nSPS) is 16.5. The number of benzene rings is 1. The molecule has 0 amide bonds. The topological polar surface area (TPSA) is 66.8 Å². The van der Waals surface area contributed by atoms with E-state index in [1.165, 1.54) is 7.11 Å². The zero-order valence-corrected chi connectivity index (χ0v) is 9.72. The third-order valence-corrected chi connectivity index (χ3v) is 3.24. The second-order valence-electron chi connectivity index (χ2n) is 4.44. The molecular formula is C13H16O4. The van der Waals surface area contributed by atoms with Gasteiger partial charge in [0.15, 0.2) is 11.5 Å². The number of carbonyl (C=O) groups is 1. The zero-order chi connectivity index (χ0) is 12.4. The highest BCUT2D eigenvalue weighted by atomic mass is 16.5. The van der Waals surface area contributed by atoms with Crippen LogP contribution in [-0.2, 0) is 4.79 Å². The molecule has 0 heterocycles. The summed E-state index contributed by atoms with van der Waals surface area (Å²) in [5.41, 5.74) is 0.689. The Bertz CT molecular complexity index is 423. The number of rotatable bonds is 5. The van der Waals surface area contributed by atoms with Crippen LogP contribution in [0.25, 0.3) is 0 Å². The number of aliphatic carboxylic acids is 1. The van der Waals surface area contributed by atoms with Crippen molar-refractivity contribution in [2.24, 2.45) is 5.92 Å². The van der Waals surface area contributed by atoms with Crippen LogP contribution in [0.15, 0.2) is 18.2 Å². The van der Waals surface area contributed by atoms with E-state index in [4.69, 9.17) is 9.84 Å². The molecule has 0 saturated heterocycles. The SMILES string of the molecule is COc1cccc(C(CC(=O)O)C2CC2)c1O. The molecule has 1 aliphatic rings. The zero-order valence-electron chi connectivity index (χ0n) is 9.72. The number of hydrogen-bond acceptors (Lipinski definition) is 3. The smallest absolute Gasteiger partial charge is 0.303 e. The number of phenolic OH excluding ortho intramolecular Hbond substituents is 1. The molecule has 1 fully saturated rings. The lowest BCUT2D eigenvalue weighted by Crippen LogP contribution is -2.08.